The van der Waals surface area contributed by atoms with Gasteiger partial charge in [-0.2, -0.15) is 4.98 Å². The van der Waals surface area contributed by atoms with Gasteiger partial charge in [-0.3, -0.25) is 4.79 Å². The van der Waals surface area contributed by atoms with Crippen LogP contribution in [0.5, 0.6) is 5.75 Å². The number of carbonyl (C=O) groups is 1. The van der Waals surface area contributed by atoms with E-state index >= 15 is 0 Å². The smallest absolute Gasteiger partial charge is 0.404 e. The fourth-order valence-corrected chi connectivity index (χ4v) is 5.14. The molecule has 13 heteroatoms. The Balaban J connectivity index is 1.50. The van der Waals surface area contributed by atoms with Crippen LogP contribution in [-0.2, 0) is 21.2 Å². The van der Waals surface area contributed by atoms with Crippen LogP contribution in [0, 0.1) is 0 Å². The molecule has 0 saturated carbocycles. The van der Waals surface area contributed by atoms with Crippen LogP contribution in [0.3, 0.4) is 0 Å². The maximum atomic E-state index is 13.3. The molecule has 3 heterocycles. The Labute approximate surface area is 196 Å². The molecule has 4 aromatic rings. The number of aryl methyl sites for hydroxylation is 1. The Bertz CT molecular complexity index is 1570. The van der Waals surface area contributed by atoms with Gasteiger partial charge in [0, 0.05) is 35.6 Å². The quantitative estimate of drug-likeness (QED) is 0.420. The zero-order valence-electron chi connectivity index (χ0n) is 17.7. The first kappa shape index (κ1) is 22.7. The molecule has 0 fully saturated rings. The molecule has 5 rings (SSSR count). The Morgan fingerprint density at radius 3 is 2.69 bits per heavy atom. The number of ether oxygens (including phenoxy) is 1. The Hall–Kier alpha value is -4.13. The number of amides is 1. The van der Waals surface area contributed by atoms with E-state index in [0.717, 1.165) is 21.7 Å². The largest absolute Gasteiger partial charge is 0.573 e. The fourth-order valence-electron chi connectivity index (χ4n) is 3.72. The third-order valence-corrected chi connectivity index (χ3v) is 6.97. The first-order valence-corrected chi connectivity index (χ1v) is 11.7. The number of nitrogens with one attached hydrogen (secondary N) is 2. The number of nitrogens with zero attached hydrogens (tertiary/aromatic N) is 3. The number of rotatable bonds is 5. The van der Waals surface area contributed by atoms with Crippen LogP contribution in [0.15, 0.2) is 65.8 Å². The third kappa shape index (κ3) is 4.49. The van der Waals surface area contributed by atoms with Crippen LogP contribution < -0.4 is 15.4 Å². The topological polar surface area (TPSA) is 115 Å². The molecule has 1 aliphatic rings. The number of carbonyl (C=O) groups excluding carboxylic acids is 1. The van der Waals surface area contributed by atoms with Crippen molar-refractivity contribution in [2.45, 2.75) is 24.1 Å². The van der Waals surface area contributed by atoms with Crippen molar-refractivity contribution in [3.05, 3.63) is 66.5 Å². The summed E-state index contributed by atoms with van der Waals surface area (Å²) in [5.74, 6) is -0.834. The van der Waals surface area contributed by atoms with Crippen LogP contribution in [0.25, 0.3) is 11.0 Å². The molecule has 0 radical (unpaired) electrons. The second kappa shape index (κ2) is 8.27. The van der Waals surface area contributed by atoms with Crippen LogP contribution in [-0.4, -0.2) is 34.6 Å². The van der Waals surface area contributed by atoms with E-state index < -0.39 is 27.0 Å². The van der Waals surface area contributed by atoms with Gasteiger partial charge in [0.2, 0.25) is 11.9 Å². The van der Waals surface area contributed by atoms with Crippen molar-refractivity contribution in [1.29, 1.82) is 0 Å². The van der Waals surface area contributed by atoms with Gasteiger partial charge in [0.1, 0.15) is 10.6 Å². The molecule has 9 nitrogen and oxygen atoms in total. The lowest BCUT2D eigenvalue weighted by atomic mass is 10.0. The minimum atomic E-state index is -5.07. The summed E-state index contributed by atoms with van der Waals surface area (Å²) in [6, 6.07) is 11.2. The molecule has 0 saturated heterocycles. The van der Waals surface area contributed by atoms with Crippen molar-refractivity contribution >= 4 is 44.3 Å². The van der Waals surface area contributed by atoms with Crippen LogP contribution in [0.2, 0.25) is 0 Å². The predicted molar refractivity (Wildman–Crippen MR) is 120 cm³/mol. The maximum Gasteiger partial charge on any atom is 0.573 e. The van der Waals surface area contributed by atoms with Crippen LogP contribution in [0.1, 0.15) is 12.0 Å². The number of fused-ring (bicyclic) bond motifs is 2. The molecule has 0 aliphatic carbocycles. The SMILES string of the molecule is O=C1CCc2cc(Nc3ncc4ccn(S(=O)(=O)c5ccccc5OC(F)(F)F)c4n3)ccc2N1. The van der Waals surface area contributed by atoms with Gasteiger partial charge in [-0.1, -0.05) is 12.1 Å². The van der Waals surface area contributed by atoms with E-state index in [4.69, 9.17) is 0 Å². The van der Waals surface area contributed by atoms with E-state index in [1.54, 1.807) is 12.1 Å². The lowest BCUT2D eigenvalue weighted by Crippen LogP contribution is -2.20. The molecule has 0 atom stereocenters. The number of hydrogen-bond donors (Lipinski definition) is 2. The minimum Gasteiger partial charge on any atom is -0.404 e. The second-order valence-corrected chi connectivity index (χ2v) is 9.41. The van der Waals surface area contributed by atoms with E-state index in [9.17, 15) is 26.4 Å². The van der Waals surface area contributed by atoms with Gasteiger partial charge >= 0.3 is 6.36 Å². The first-order valence-electron chi connectivity index (χ1n) is 10.2. The van der Waals surface area contributed by atoms with Gasteiger partial charge < -0.3 is 15.4 Å². The average Bonchev–Trinajstić information content (AvgIpc) is 3.22. The number of halogens is 3. The normalized spacial score (nSPS) is 13.9. The Morgan fingerprint density at radius 2 is 1.89 bits per heavy atom. The Kier molecular flexibility index (Phi) is 5.35. The van der Waals surface area contributed by atoms with Gasteiger partial charge in [0.15, 0.2) is 5.65 Å². The summed E-state index contributed by atoms with van der Waals surface area (Å²) in [5, 5.41) is 6.14. The zero-order chi connectivity index (χ0) is 24.8. The number of aromatic nitrogens is 3. The van der Waals surface area contributed by atoms with Gasteiger partial charge in [-0.25, -0.2) is 17.4 Å². The van der Waals surface area contributed by atoms with E-state index in [0.29, 0.717) is 29.6 Å². The molecule has 0 bridgehead atoms. The minimum absolute atomic E-state index is 0.0328. The summed E-state index contributed by atoms with van der Waals surface area (Å²) in [4.78, 5) is 19.3. The summed E-state index contributed by atoms with van der Waals surface area (Å²) in [6.07, 6.45) is -1.56. The van der Waals surface area contributed by atoms with Crippen molar-refractivity contribution < 1.29 is 31.1 Å². The predicted octanol–water partition coefficient (Wildman–Crippen LogP) is 4.20. The molecule has 0 unspecified atom stereocenters. The number of para-hydroxylation sites is 1. The van der Waals surface area contributed by atoms with Crippen LogP contribution in [0.4, 0.5) is 30.5 Å². The van der Waals surface area contributed by atoms with Gasteiger partial charge in [0.25, 0.3) is 10.0 Å². The van der Waals surface area contributed by atoms with Crippen molar-refractivity contribution in [2.75, 3.05) is 10.6 Å². The molecule has 1 aliphatic heterocycles. The molecular formula is C22H16F3N5O4S. The van der Waals surface area contributed by atoms with Gasteiger partial charge in [0.05, 0.1) is 0 Å². The summed E-state index contributed by atoms with van der Waals surface area (Å²) >= 11 is 0. The molecular weight excluding hydrogens is 487 g/mol. The highest BCUT2D eigenvalue weighted by Gasteiger charge is 2.34. The average molecular weight is 503 g/mol. The van der Waals surface area contributed by atoms with Gasteiger partial charge in [-0.05, 0) is 48.4 Å². The van der Waals surface area contributed by atoms with E-state index in [1.807, 2.05) is 6.07 Å². The van der Waals surface area contributed by atoms with Crippen molar-refractivity contribution in [1.82, 2.24) is 13.9 Å². The van der Waals surface area contributed by atoms with E-state index in [1.165, 1.54) is 30.6 Å². The summed E-state index contributed by atoms with van der Waals surface area (Å²) in [5.41, 5.74) is 2.21. The van der Waals surface area contributed by atoms with Crippen LogP contribution >= 0.6 is 0 Å². The molecule has 0 spiro atoms. The van der Waals surface area contributed by atoms with E-state index in [-0.39, 0.29) is 17.5 Å². The third-order valence-electron chi connectivity index (χ3n) is 5.26. The molecule has 180 valence electrons. The number of benzene rings is 2. The lowest BCUT2D eigenvalue weighted by molar-refractivity contribution is -0.275. The summed E-state index contributed by atoms with van der Waals surface area (Å²) in [7, 11) is -4.50. The van der Waals surface area contributed by atoms with E-state index in [2.05, 4.69) is 25.3 Å². The monoisotopic (exact) mass is 503 g/mol. The zero-order valence-corrected chi connectivity index (χ0v) is 18.5. The van der Waals surface area contributed by atoms with Crippen molar-refractivity contribution in [3.8, 4) is 5.75 Å². The van der Waals surface area contributed by atoms with Crippen molar-refractivity contribution in [3.63, 3.8) is 0 Å². The van der Waals surface area contributed by atoms with Crippen molar-refractivity contribution in [2.24, 2.45) is 0 Å². The fraction of sp³-hybridized carbons (Fsp3) is 0.136. The molecule has 2 aromatic heterocycles. The number of anilines is 3. The summed E-state index contributed by atoms with van der Waals surface area (Å²) in [6.45, 7) is 0. The Morgan fingerprint density at radius 1 is 1.09 bits per heavy atom. The second-order valence-electron chi connectivity index (χ2n) is 7.63. The highest BCUT2D eigenvalue weighted by atomic mass is 32.2. The lowest BCUT2D eigenvalue weighted by Gasteiger charge is -2.17. The first-order chi connectivity index (χ1) is 16.6. The summed E-state index contributed by atoms with van der Waals surface area (Å²) < 4.78 is 69.7. The standard InChI is InChI=1S/C22H16F3N5O4S/c23-22(24,25)34-17-3-1-2-4-18(17)35(32,33)30-10-9-14-12-26-21(29-20(14)30)27-15-6-7-16-13(11-15)5-8-19(31)28-16/h1-4,6-7,9-12H,5,8H2,(H,28,31)(H,26,27,29). The highest BCUT2D eigenvalue weighted by Crippen LogP contribution is 2.32. The highest BCUT2D eigenvalue weighted by molar-refractivity contribution is 7.90. The number of hydrogen-bond acceptors (Lipinski definition) is 7. The molecule has 35 heavy (non-hydrogen) atoms. The molecule has 2 N–H and O–H groups in total. The van der Waals surface area contributed by atoms with Gasteiger partial charge in [-0.15, -0.1) is 13.2 Å². The molecule has 2 aromatic carbocycles. The maximum absolute atomic E-state index is 13.3. The number of alkyl halides is 3. The molecule has 1 amide bonds.